The van der Waals surface area contributed by atoms with E-state index in [9.17, 15) is 22.8 Å². The van der Waals surface area contributed by atoms with Gasteiger partial charge < -0.3 is 20.1 Å². The van der Waals surface area contributed by atoms with Crippen LogP contribution in [0.4, 0.5) is 4.79 Å². The predicted molar refractivity (Wildman–Crippen MR) is 104 cm³/mol. The Morgan fingerprint density at radius 1 is 1.14 bits per heavy atom. The van der Waals surface area contributed by atoms with Crippen molar-refractivity contribution in [2.24, 2.45) is 0 Å². The van der Waals surface area contributed by atoms with Crippen molar-refractivity contribution in [3.63, 3.8) is 0 Å². The Hall–Kier alpha value is -2.88. The maximum absolute atomic E-state index is 12.5. The Morgan fingerprint density at radius 2 is 1.83 bits per heavy atom. The molecule has 0 saturated carbocycles. The molecule has 1 aromatic carbocycles. The monoisotopic (exact) mass is 424 g/mol. The SMILES string of the molecule is CCOC(=O)C1=C(COC(=O)c2cc(S(C)(=O)=O)ccc2C)NC(=O)N[C@H]1CC. The van der Waals surface area contributed by atoms with Gasteiger partial charge in [0, 0.05) is 6.26 Å². The first-order valence-electron chi connectivity index (χ1n) is 9.04. The summed E-state index contributed by atoms with van der Waals surface area (Å²) in [6.07, 6.45) is 1.48. The summed E-state index contributed by atoms with van der Waals surface area (Å²) in [4.78, 5) is 36.7. The molecule has 0 bridgehead atoms. The van der Waals surface area contributed by atoms with Crippen LogP contribution in [0, 0.1) is 6.92 Å². The fourth-order valence-corrected chi connectivity index (χ4v) is 3.49. The molecular formula is C19H24N2O7S. The van der Waals surface area contributed by atoms with Crippen LogP contribution in [0.3, 0.4) is 0 Å². The summed E-state index contributed by atoms with van der Waals surface area (Å²) in [5, 5.41) is 5.10. The third-order valence-electron chi connectivity index (χ3n) is 4.35. The number of aryl methyl sites for hydroxylation is 1. The molecule has 29 heavy (non-hydrogen) atoms. The summed E-state index contributed by atoms with van der Waals surface area (Å²) in [6, 6.07) is 3.05. The average molecular weight is 424 g/mol. The van der Waals surface area contributed by atoms with Crippen molar-refractivity contribution in [2.75, 3.05) is 19.5 Å². The number of hydrogen-bond donors (Lipinski definition) is 2. The number of hydrogen-bond acceptors (Lipinski definition) is 7. The molecule has 0 spiro atoms. The van der Waals surface area contributed by atoms with Gasteiger partial charge in [-0.2, -0.15) is 0 Å². The summed E-state index contributed by atoms with van der Waals surface area (Å²) in [6.45, 7) is 4.87. The molecule has 1 heterocycles. The molecule has 0 aromatic heterocycles. The van der Waals surface area contributed by atoms with Gasteiger partial charge in [-0.3, -0.25) is 0 Å². The number of carbonyl (C=O) groups is 3. The van der Waals surface area contributed by atoms with E-state index in [1.807, 2.05) is 0 Å². The number of esters is 2. The minimum absolute atomic E-state index is 0.0114. The van der Waals surface area contributed by atoms with Gasteiger partial charge in [0.2, 0.25) is 0 Å². The first kappa shape index (κ1) is 22.4. The Labute approximate surface area is 169 Å². The zero-order valence-electron chi connectivity index (χ0n) is 16.7. The molecule has 0 unspecified atom stereocenters. The highest BCUT2D eigenvalue weighted by atomic mass is 32.2. The maximum Gasteiger partial charge on any atom is 0.338 e. The zero-order valence-corrected chi connectivity index (χ0v) is 17.5. The Morgan fingerprint density at radius 3 is 2.41 bits per heavy atom. The number of benzene rings is 1. The first-order chi connectivity index (χ1) is 13.6. The van der Waals surface area contributed by atoms with Crippen molar-refractivity contribution in [2.45, 2.75) is 38.1 Å². The number of nitrogens with one attached hydrogen (secondary N) is 2. The highest BCUT2D eigenvalue weighted by molar-refractivity contribution is 7.90. The van der Waals surface area contributed by atoms with E-state index in [0.717, 1.165) is 6.26 Å². The van der Waals surface area contributed by atoms with Crippen molar-refractivity contribution in [3.8, 4) is 0 Å². The van der Waals surface area contributed by atoms with Crippen LogP contribution in [0.5, 0.6) is 0 Å². The van der Waals surface area contributed by atoms with Crippen LogP contribution in [0.25, 0.3) is 0 Å². The third-order valence-corrected chi connectivity index (χ3v) is 5.46. The first-order valence-corrected chi connectivity index (χ1v) is 10.9. The molecule has 1 aromatic rings. The topological polar surface area (TPSA) is 128 Å². The minimum atomic E-state index is -3.50. The molecule has 2 amide bonds. The van der Waals surface area contributed by atoms with Crippen molar-refractivity contribution in [1.29, 1.82) is 0 Å². The molecule has 0 saturated heterocycles. The molecule has 158 valence electrons. The lowest BCUT2D eigenvalue weighted by molar-refractivity contribution is -0.139. The molecule has 0 aliphatic carbocycles. The summed E-state index contributed by atoms with van der Waals surface area (Å²) in [5.41, 5.74) is 0.925. The van der Waals surface area contributed by atoms with Crippen LogP contribution in [-0.2, 0) is 24.1 Å². The zero-order chi connectivity index (χ0) is 21.8. The van der Waals surface area contributed by atoms with Crippen molar-refractivity contribution in [3.05, 3.63) is 40.6 Å². The van der Waals surface area contributed by atoms with E-state index in [0.29, 0.717) is 12.0 Å². The predicted octanol–water partition coefficient (Wildman–Crippen LogP) is 1.46. The van der Waals surface area contributed by atoms with Crippen LogP contribution >= 0.6 is 0 Å². The normalized spacial score (nSPS) is 16.7. The molecule has 0 fully saturated rings. The summed E-state index contributed by atoms with van der Waals surface area (Å²) in [5.74, 6) is -1.39. The van der Waals surface area contributed by atoms with E-state index in [1.54, 1.807) is 20.8 Å². The second-order valence-corrected chi connectivity index (χ2v) is 8.51. The number of carbonyl (C=O) groups excluding carboxylic acids is 3. The second kappa shape index (κ2) is 9.08. The van der Waals surface area contributed by atoms with Crippen molar-refractivity contribution < 1.29 is 32.3 Å². The number of ether oxygens (including phenoxy) is 2. The number of rotatable bonds is 7. The van der Waals surface area contributed by atoms with Gasteiger partial charge in [-0.1, -0.05) is 13.0 Å². The Balaban J connectivity index is 2.31. The molecule has 2 N–H and O–H groups in total. The molecule has 2 rings (SSSR count). The van der Waals surface area contributed by atoms with Crippen LogP contribution in [0.1, 0.15) is 36.2 Å². The summed E-state index contributed by atoms with van der Waals surface area (Å²) in [7, 11) is -3.50. The second-order valence-electron chi connectivity index (χ2n) is 6.50. The highest BCUT2D eigenvalue weighted by Gasteiger charge is 2.32. The van der Waals surface area contributed by atoms with E-state index in [1.165, 1.54) is 18.2 Å². The van der Waals surface area contributed by atoms with E-state index in [2.05, 4.69) is 10.6 Å². The molecule has 9 nitrogen and oxygen atoms in total. The Kier molecular flexibility index (Phi) is 7.02. The third kappa shape index (κ3) is 5.35. The quantitative estimate of drug-likeness (QED) is 0.634. The Bertz CT molecular complexity index is 967. The number of sulfone groups is 1. The smallest absolute Gasteiger partial charge is 0.338 e. The number of urea groups is 1. The molecule has 1 aliphatic heterocycles. The average Bonchev–Trinajstić information content (AvgIpc) is 2.64. The lowest BCUT2D eigenvalue weighted by Crippen LogP contribution is -2.51. The van der Waals surface area contributed by atoms with E-state index in [-0.39, 0.29) is 34.9 Å². The van der Waals surface area contributed by atoms with Gasteiger partial charge in [-0.25, -0.2) is 22.8 Å². The largest absolute Gasteiger partial charge is 0.463 e. The van der Waals surface area contributed by atoms with E-state index < -0.39 is 33.8 Å². The van der Waals surface area contributed by atoms with Crippen LogP contribution < -0.4 is 10.6 Å². The van der Waals surface area contributed by atoms with Crippen molar-refractivity contribution >= 4 is 27.8 Å². The van der Waals surface area contributed by atoms with Gasteiger partial charge in [0.25, 0.3) is 0 Å². The lowest BCUT2D eigenvalue weighted by atomic mass is 10.0. The van der Waals surface area contributed by atoms with Crippen LogP contribution in [-0.4, -0.2) is 51.9 Å². The van der Waals surface area contributed by atoms with E-state index >= 15 is 0 Å². The highest BCUT2D eigenvalue weighted by Crippen LogP contribution is 2.20. The van der Waals surface area contributed by atoms with E-state index in [4.69, 9.17) is 9.47 Å². The van der Waals surface area contributed by atoms with Gasteiger partial charge in [0.15, 0.2) is 9.84 Å². The van der Waals surface area contributed by atoms with Gasteiger partial charge in [-0.05, 0) is 38.0 Å². The molecule has 1 atom stereocenters. The van der Waals surface area contributed by atoms with Crippen LogP contribution in [0.15, 0.2) is 34.4 Å². The summed E-state index contributed by atoms with van der Waals surface area (Å²) < 4.78 is 33.8. The fraction of sp³-hybridized carbons (Fsp3) is 0.421. The maximum atomic E-state index is 12.5. The molecule has 10 heteroatoms. The molecule has 1 aliphatic rings. The fourth-order valence-electron chi connectivity index (χ4n) is 2.84. The standard InChI is InChI=1S/C19H24N2O7S/c1-5-14-16(18(23)27-6-2)15(21-19(24)20-14)10-28-17(22)13-9-12(29(4,25)26)8-7-11(13)3/h7-9,14H,5-6,10H2,1-4H3,(H2,20,21,24)/t14-/m0/s1. The van der Waals surface area contributed by atoms with Gasteiger partial charge in [0.05, 0.1) is 34.4 Å². The van der Waals surface area contributed by atoms with Crippen LogP contribution in [0.2, 0.25) is 0 Å². The summed E-state index contributed by atoms with van der Waals surface area (Å²) >= 11 is 0. The molecule has 0 radical (unpaired) electrons. The minimum Gasteiger partial charge on any atom is -0.463 e. The lowest BCUT2D eigenvalue weighted by Gasteiger charge is -2.28. The molecular weight excluding hydrogens is 400 g/mol. The number of amides is 2. The van der Waals surface area contributed by atoms with Gasteiger partial charge >= 0.3 is 18.0 Å². The van der Waals surface area contributed by atoms with Gasteiger partial charge in [0.1, 0.15) is 6.61 Å². The van der Waals surface area contributed by atoms with Crippen molar-refractivity contribution in [1.82, 2.24) is 10.6 Å². The van der Waals surface area contributed by atoms with Gasteiger partial charge in [-0.15, -0.1) is 0 Å².